The van der Waals surface area contributed by atoms with Crippen molar-refractivity contribution in [2.45, 2.75) is 6.61 Å². The van der Waals surface area contributed by atoms with Crippen LogP contribution >= 0.6 is 0 Å². The van der Waals surface area contributed by atoms with E-state index in [9.17, 15) is 9.59 Å². The van der Waals surface area contributed by atoms with Crippen LogP contribution in [0.1, 0.15) is 16.1 Å². The molecule has 0 spiro atoms. The Morgan fingerprint density at radius 1 is 1.12 bits per heavy atom. The van der Waals surface area contributed by atoms with E-state index in [4.69, 9.17) is 4.74 Å². The maximum absolute atomic E-state index is 12.2. The number of hydrogen-bond donors (Lipinski definition) is 0. The number of ether oxygens (including phenoxy) is 1. The monoisotopic (exact) mass is 347 g/mol. The highest BCUT2D eigenvalue weighted by molar-refractivity contribution is 5.89. The van der Waals surface area contributed by atoms with Crippen LogP contribution in [0.4, 0.5) is 0 Å². The first-order valence-corrected chi connectivity index (χ1v) is 7.80. The van der Waals surface area contributed by atoms with Gasteiger partial charge in [0.25, 0.3) is 5.56 Å². The van der Waals surface area contributed by atoms with Crippen LogP contribution < -0.4 is 5.56 Å². The number of carbonyl (C=O) groups is 1. The Hall–Kier alpha value is -3.81. The van der Waals surface area contributed by atoms with Crippen molar-refractivity contribution in [1.82, 2.24) is 24.1 Å². The fraction of sp³-hybridized carbons (Fsp3) is 0.0556. The van der Waals surface area contributed by atoms with Crippen LogP contribution in [-0.4, -0.2) is 30.1 Å². The Bertz CT molecular complexity index is 1120. The topological polar surface area (TPSA) is 91.4 Å². The van der Waals surface area contributed by atoms with E-state index < -0.39 is 5.97 Å². The lowest BCUT2D eigenvalue weighted by atomic mass is 10.2. The van der Waals surface area contributed by atoms with Gasteiger partial charge >= 0.3 is 5.97 Å². The summed E-state index contributed by atoms with van der Waals surface area (Å²) in [5, 5.41) is 4.02. The van der Waals surface area contributed by atoms with Crippen molar-refractivity contribution in [3.8, 4) is 5.69 Å². The molecule has 8 heteroatoms. The lowest BCUT2D eigenvalue weighted by molar-refractivity contribution is 0.0467. The van der Waals surface area contributed by atoms with Crippen LogP contribution in [-0.2, 0) is 11.3 Å². The van der Waals surface area contributed by atoms with E-state index in [0.717, 1.165) is 5.69 Å². The molecule has 0 saturated heterocycles. The molecule has 1 aromatic carbocycles. The SMILES string of the molecule is O=C(OCc1cc(=O)n2ccccc2n1)c1ccc(-n2cncn2)cc1. The number of esters is 1. The molecule has 0 aliphatic rings. The highest BCUT2D eigenvalue weighted by Gasteiger charge is 2.10. The van der Waals surface area contributed by atoms with E-state index in [2.05, 4.69) is 15.1 Å². The third kappa shape index (κ3) is 3.07. The van der Waals surface area contributed by atoms with Crippen LogP contribution in [0.5, 0.6) is 0 Å². The number of benzene rings is 1. The van der Waals surface area contributed by atoms with Crippen molar-refractivity contribution in [1.29, 1.82) is 0 Å². The molecule has 4 rings (SSSR count). The molecular weight excluding hydrogens is 334 g/mol. The van der Waals surface area contributed by atoms with Crippen molar-refractivity contribution < 1.29 is 9.53 Å². The lowest BCUT2D eigenvalue weighted by Gasteiger charge is -2.07. The molecule has 8 nitrogen and oxygen atoms in total. The summed E-state index contributed by atoms with van der Waals surface area (Å²) in [6.07, 6.45) is 4.63. The Labute approximate surface area is 147 Å². The summed E-state index contributed by atoms with van der Waals surface area (Å²) in [6, 6.07) is 13.4. The van der Waals surface area contributed by atoms with Gasteiger partial charge < -0.3 is 4.74 Å². The van der Waals surface area contributed by atoms with E-state index in [-0.39, 0.29) is 12.2 Å². The average molecular weight is 347 g/mol. The van der Waals surface area contributed by atoms with Crippen molar-refractivity contribution in [3.63, 3.8) is 0 Å². The largest absolute Gasteiger partial charge is 0.456 e. The number of hydrogen-bond acceptors (Lipinski definition) is 6. The second-order valence-electron chi connectivity index (χ2n) is 5.48. The zero-order valence-electron chi connectivity index (χ0n) is 13.5. The summed E-state index contributed by atoms with van der Waals surface area (Å²) in [7, 11) is 0. The first kappa shape index (κ1) is 15.7. The van der Waals surface area contributed by atoms with Crippen molar-refractivity contribution in [3.05, 3.63) is 89.0 Å². The summed E-state index contributed by atoms with van der Waals surface area (Å²) in [6.45, 7) is -0.0791. The molecule has 0 aliphatic carbocycles. The third-order valence-corrected chi connectivity index (χ3v) is 3.76. The molecule has 26 heavy (non-hydrogen) atoms. The van der Waals surface area contributed by atoms with Crippen molar-refractivity contribution in [2.75, 3.05) is 0 Å². The molecular formula is C18H13N5O3. The predicted molar refractivity (Wildman–Crippen MR) is 91.9 cm³/mol. The van der Waals surface area contributed by atoms with E-state index in [1.165, 1.54) is 16.8 Å². The maximum atomic E-state index is 12.2. The average Bonchev–Trinajstić information content (AvgIpc) is 3.21. The quantitative estimate of drug-likeness (QED) is 0.521. The number of pyridine rings is 1. The molecule has 3 heterocycles. The minimum Gasteiger partial charge on any atom is -0.456 e. The maximum Gasteiger partial charge on any atom is 0.338 e. The highest BCUT2D eigenvalue weighted by Crippen LogP contribution is 2.10. The molecule has 0 saturated carbocycles. The van der Waals surface area contributed by atoms with Gasteiger partial charge in [-0.2, -0.15) is 5.10 Å². The lowest BCUT2D eigenvalue weighted by Crippen LogP contribution is -2.16. The van der Waals surface area contributed by atoms with Crippen molar-refractivity contribution in [2.24, 2.45) is 0 Å². The second kappa shape index (κ2) is 6.60. The Balaban J connectivity index is 1.48. The summed E-state index contributed by atoms with van der Waals surface area (Å²) in [5.41, 5.74) is 1.85. The Morgan fingerprint density at radius 2 is 1.96 bits per heavy atom. The minimum atomic E-state index is -0.495. The number of nitrogens with zero attached hydrogens (tertiary/aromatic N) is 5. The highest BCUT2D eigenvalue weighted by atomic mass is 16.5. The van der Waals surface area contributed by atoms with Gasteiger partial charge in [-0.3, -0.25) is 9.20 Å². The van der Waals surface area contributed by atoms with Gasteiger partial charge in [0.05, 0.1) is 16.9 Å². The Kier molecular flexibility index (Phi) is 3.98. The molecule has 3 aromatic heterocycles. The van der Waals surface area contributed by atoms with E-state index in [0.29, 0.717) is 16.9 Å². The smallest absolute Gasteiger partial charge is 0.338 e. The van der Waals surface area contributed by atoms with Crippen LogP contribution in [0.2, 0.25) is 0 Å². The second-order valence-corrected chi connectivity index (χ2v) is 5.48. The van der Waals surface area contributed by atoms with E-state index in [1.54, 1.807) is 59.7 Å². The van der Waals surface area contributed by atoms with Crippen LogP contribution in [0.3, 0.4) is 0 Å². The van der Waals surface area contributed by atoms with E-state index >= 15 is 0 Å². The van der Waals surface area contributed by atoms with Gasteiger partial charge in [0.2, 0.25) is 0 Å². The van der Waals surface area contributed by atoms with Gasteiger partial charge in [-0.05, 0) is 36.4 Å². The zero-order chi connectivity index (χ0) is 17.9. The normalized spacial score (nSPS) is 10.8. The summed E-state index contributed by atoms with van der Waals surface area (Å²) in [4.78, 5) is 32.4. The molecule has 0 atom stereocenters. The summed E-state index contributed by atoms with van der Waals surface area (Å²) < 4.78 is 8.27. The van der Waals surface area contributed by atoms with E-state index in [1.807, 2.05) is 0 Å². The first-order chi connectivity index (χ1) is 12.7. The number of carbonyl (C=O) groups excluding carboxylic acids is 1. The molecule has 0 N–H and O–H groups in total. The van der Waals surface area contributed by atoms with Crippen LogP contribution in [0.15, 0.2) is 72.2 Å². The predicted octanol–water partition coefficient (Wildman–Crippen LogP) is 1.63. The summed E-state index contributed by atoms with van der Waals surface area (Å²) >= 11 is 0. The molecule has 0 radical (unpaired) electrons. The van der Waals surface area contributed by atoms with Gasteiger partial charge in [0.1, 0.15) is 24.9 Å². The standard InChI is InChI=1S/C18H13N5O3/c24-17-9-14(21-16-3-1-2-8-22(16)17)10-26-18(25)13-4-6-15(7-5-13)23-12-19-11-20-23/h1-9,11-12H,10H2. The van der Waals surface area contributed by atoms with Gasteiger partial charge in [-0.25, -0.2) is 19.4 Å². The van der Waals surface area contributed by atoms with Gasteiger partial charge in [-0.1, -0.05) is 6.07 Å². The molecule has 4 aromatic rings. The minimum absolute atomic E-state index is 0.0791. The Morgan fingerprint density at radius 3 is 2.73 bits per heavy atom. The molecule has 128 valence electrons. The number of rotatable bonds is 4. The molecule has 0 aliphatic heterocycles. The van der Waals surface area contributed by atoms with Crippen LogP contribution in [0, 0.1) is 0 Å². The fourth-order valence-electron chi connectivity index (χ4n) is 2.49. The number of aromatic nitrogens is 5. The fourth-order valence-corrected chi connectivity index (χ4v) is 2.49. The van der Waals surface area contributed by atoms with Gasteiger partial charge in [-0.15, -0.1) is 0 Å². The van der Waals surface area contributed by atoms with Gasteiger partial charge in [0, 0.05) is 12.3 Å². The molecule has 0 unspecified atom stereocenters. The van der Waals surface area contributed by atoms with Crippen molar-refractivity contribution >= 4 is 11.6 Å². The first-order valence-electron chi connectivity index (χ1n) is 7.80. The van der Waals surface area contributed by atoms with Crippen LogP contribution in [0.25, 0.3) is 11.3 Å². The molecule has 0 bridgehead atoms. The van der Waals surface area contributed by atoms with Gasteiger partial charge in [0.15, 0.2) is 0 Å². The molecule has 0 fully saturated rings. The number of fused-ring (bicyclic) bond motifs is 1. The third-order valence-electron chi connectivity index (χ3n) is 3.76. The molecule has 0 amide bonds. The zero-order valence-corrected chi connectivity index (χ0v) is 13.5. The summed E-state index contributed by atoms with van der Waals surface area (Å²) in [5.74, 6) is -0.495.